The molecule has 14 heavy (non-hydrogen) atoms. The van der Waals surface area contributed by atoms with Crippen molar-refractivity contribution in [2.24, 2.45) is 5.73 Å². The highest BCUT2D eigenvalue weighted by molar-refractivity contribution is 5.81. The molecule has 0 unspecified atom stereocenters. The summed E-state index contributed by atoms with van der Waals surface area (Å²) in [6.07, 6.45) is 1.24. The van der Waals surface area contributed by atoms with Crippen LogP contribution in [-0.4, -0.2) is 17.4 Å². The second-order valence-corrected chi connectivity index (χ2v) is 4.51. The Morgan fingerprint density at radius 2 is 2.00 bits per heavy atom. The summed E-state index contributed by atoms with van der Waals surface area (Å²) in [5, 5.41) is 0. The molecule has 3 nitrogen and oxygen atoms in total. The average Bonchev–Trinajstić information content (AvgIpc) is 1.96. The van der Waals surface area contributed by atoms with Crippen molar-refractivity contribution in [1.29, 1.82) is 0 Å². The van der Waals surface area contributed by atoms with Gasteiger partial charge in [0.15, 0.2) is 0 Å². The van der Waals surface area contributed by atoms with Crippen molar-refractivity contribution in [3.63, 3.8) is 0 Å². The van der Waals surface area contributed by atoms with Crippen LogP contribution in [0.1, 0.15) is 40.5 Å². The lowest BCUT2D eigenvalue weighted by atomic mass is 10.1. The van der Waals surface area contributed by atoms with Gasteiger partial charge in [-0.25, -0.2) is 0 Å². The van der Waals surface area contributed by atoms with Gasteiger partial charge >= 0.3 is 0 Å². The molecule has 0 heterocycles. The molecule has 0 radical (unpaired) electrons. The first-order valence-corrected chi connectivity index (χ1v) is 4.85. The van der Waals surface area contributed by atoms with Crippen LogP contribution in [-0.2, 0) is 9.53 Å². The maximum absolute atomic E-state index is 10.8. The molecular formula is C11H21NO2. The van der Waals surface area contributed by atoms with Crippen molar-refractivity contribution >= 4 is 5.78 Å². The molecule has 0 aromatic carbocycles. The van der Waals surface area contributed by atoms with Crippen LogP contribution in [0, 0.1) is 0 Å². The van der Waals surface area contributed by atoms with Gasteiger partial charge in [0.25, 0.3) is 0 Å². The summed E-state index contributed by atoms with van der Waals surface area (Å²) >= 11 is 0. The quantitative estimate of drug-likeness (QED) is 0.689. The summed E-state index contributed by atoms with van der Waals surface area (Å²) in [6, 6.07) is -0.393. The molecule has 1 atom stereocenters. The molecule has 2 N–H and O–H groups in total. The molecular weight excluding hydrogens is 178 g/mol. The molecule has 82 valence electrons. The number of hydrogen-bond acceptors (Lipinski definition) is 3. The molecule has 0 saturated carbocycles. The summed E-state index contributed by atoms with van der Waals surface area (Å²) in [5.74, 6) is 0.697. The van der Waals surface area contributed by atoms with Crippen molar-refractivity contribution in [2.45, 2.75) is 52.2 Å². The van der Waals surface area contributed by atoms with Crippen molar-refractivity contribution < 1.29 is 9.53 Å². The monoisotopic (exact) mass is 199 g/mol. The van der Waals surface area contributed by atoms with Gasteiger partial charge in [-0.05, 0) is 34.1 Å². The Morgan fingerprint density at radius 3 is 2.36 bits per heavy atom. The van der Waals surface area contributed by atoms with E-state index in [9.17, 15) is 4.79 Å². The van der Waals surface area contributed by atoms with E-state index < -0.39 is 6.04 Å². The van der Waals surface area contributed by atoms with E-state index in [0.717, 1.165) is 0 Å². The first-order valence-electron chi connectivity index (χ1n) is 4.85. The molecule has 0 aromatic rings. The van der Waals surface area contributed by atoms with Gasteiger partial charge < -0.3 is 10.5 Å². The first-order chi connectivity index (χ1) is 6.22. The number of carbonyl (C=O) groups excluding carboxylic acids is 1. The fourth-order valence-corrected chi connectivity index (χ4v) is 1.00. The summed E-state index contributed by atoms with van der Waals surface area (Å²) in [7, 11) is 0. The molecule has 0 aromatic heterocycles. The number of rotatable bonds is 5. The van der Waals surface area contributed by atoms with Crippen molar-refractivity contribution in [3.05, 3.63) is 12.3 Å². The van der Waals surface area contributed by atoms with E-state index in [4.69, 9.17) is 10.5 Å². The third kappa shape index (κ3) is 6.66. The van der Waals surface area contributed by atoms with Gasteiger partial charge in [-0.2, -0.15) is 0 Å². The summed E-state index contributed by atoms with van der Waals surface area (Å²) in [4.78, 5) is 10.8. The van der Waals surface area contributed by atoms with E-state index in [0.29, 0.717) is 18.6 Å². The SMILES string of the molecule is C=C(CC[C@H](N)C(C)=O)OC(C)(C)C. The minimum Gasteiger partial charge on any atom is -0.493 e. The van der Waals surface area contributed by atoms with Crippen molar-refractivity contribution in [2.75, 3.05) is 0 Å². The number of allylic oxidation sites excluding steroid dienone is 1. The van der Waals surface area contributed by atoms with Crippen molar-refractivity contribution in [1.82, 2.24) is 0 Å². The molecule has 3 heteroatoms. The van der Waals surface area contributed by atoms with Crippen LogP contribution < -0.4 is 5.73 Å². The van der Waals surface area contributed by atoms with Gasteiger partial charge in [-0.15, -0.1) is 0 Å². The van der Waals surface area contributed by atoms with Gasteiger partial charge in [0.05, 0.1) is 11.8 Å². The zero-order valence-electron chi connectivity index (χ0n) is 9.59. The van der Waals surface area contributed by atoms with E-state index in [1.165, 1.54) is 6.92 Å². The Kier molecular flexibility index (Phi) is 4.85. The van der Waals surface area contributed by atoms with Crippen LogP contribution in [0.15, 0.2) is 12.3 Å². The van der Waals surface area contributed by atoms with Crippen LogP contribution in [0.5, 0.6) is 0 Å². The maximum Gasteiger partial charge on any atom is 0.146 e. The van der Waals surface area contributed by atoms with Crippen LogP contribution in [0.3, 0.4) is 0 Å². The minimum absolute atomic E-state index is 0.00792. The summed E-state index contributed by atoms with van der Waals surface area (Å²) < 4.78 is 5.51. The third-order valence-corrected chi connectivity index (χ3v) is 1.71. The first kappa shape index (κ1) is 13.2. The number of hydrogen-bond donors (Lipinski definition) is 1. The Balaban J connectivity index is 3.81. The van der Waals surface area contributed by atoms with Crippen LogP contribution in [0.2, 0.25) is 0 Å². The van der Waals surface area contributed by atoms with E-state index >= 15 is 0 Å². The summed E-state index contributed by atoms with van der Waals surface area (Å²) in [6.45, 7) is 11.2. The fraction of sp³-hybridized carbons (Fsp3) is 0.727. The van der Waals surface area contributed by atoms with E-state index in [1.54, 1.807) is 0 Å². The normalized spacial score (nSPS) is 13.5. The molecule has 0 aliphatic heterocycles. The molecule has 0 saturated heterocycles. The highest BCUT2D eigenvalue weighted by Gasteiger charge is 2.14. The number of nitrogens with two attached hydrogens (primary N) is 1. The lowest BCUT2D eigenvalue weighted by molar-refractivity contribution is -0.118. The number of ketones is 1. The number of Topliss-reactive ketones (excluding diaryl/α,β-unsaturated/α-hetero) is 1. The van der Waals surface area contributed by atoms with Gasteiger partial charge in [0.2, 0.25) is 0 Å². The predicted octanol–water partition coefficient (Wildman–Crippen LogP) is 2.01. The second kappa shape index (κ2) is 5.15. The van der Waals surface area contributed by atoms with Gasteiger partial charge in [-0.1, -0.05) is 6.58 Å². The van der Waals surface area contributed by atoms with E-state index in [-0.39, 0.29) is 11.4 Å². The lowest BCUT2D eigenvalue weighted by Crippen LogP contribution is -2.28. The Hall–Kier alpha value is -0.830. The number of carbonyl (C=O) groups is 1. The highest BCUT2D eigenvalue weighted by Crippen LogP contribution is 2.16. The van der Waals surface area contributed by atoms with E-state index in [2.05, 4.69) is 6.58 Å². The van der Waals surface area contributed by atoms with Gasteiger partial charge in [0, 0.05) is 6.42 Å². The maximum atomic E-state index is 10.8. The van der Waals surface area contributed by atoms with Crippen LogP contribution in [0.25, 0.3) is 0 Å². The molecule has 0 fully saturated rings. The molecule has 0 rings (SSSR count). The zero-order chi connectivity index (χ0) is 11.4. The Labute approximate surface area is 86.3 Å². The standard InChI is InChI=1S/C11H21NO2/c1-8(14-11(3,4)5)6-7-10(12)9(2)13/h10H,1,6-7,12H2,2-5H3/t10-/m0/s1. The smallest absolute Gasteiger partial charge is 0.146 e. The predicted molar refractivity (Wildman–Crippen MR) is 57.9 cm³/mol. The summed E-state index contributed by atoms with van der Waals surface area (Å²) in [5.41, 5.74) is 5.36. The Bertz CT molecular complexity index is 216. The minimum atomic E-state index is -0.393. The van der Waals surface area contributed by atoms with E-state index in [1.807, 2.05) is 20.8 Å². The lowest BCUT2D eigenvalue weighted by Gasteiger charge is -2.23. The Morgan fingerprint density at radius 1 is 1.50 bits per heavy atom. The zero-order valence-corrected chi connectivity index (χ0v) is 9.59. The average molecular weight is 199 g/mol. The van der Waals surface area contributed by atoms with Crippen molar-refractivity contribution in [3.8, 4) is 0 Å². The van der Waals surface area contributed by atoms with Crippen LogP contribution in [0.4, 0.5) is 0 Å². The second-order valence-electron chi connectivity index (χ2n) is 4.51. The largest absolute Gasteiger partial charge is 0.493 e. The van der Waals surface area contributed by atoms with Gasteiger partial charge in [0.1, 0.15) is 11.4 Å². The molecule has 0 aliphatic carbocycles. The molecule has 0 bridgehead atoms. The van der Waals surface area contributed by atoms with Crippen LogP contribution >= 0.6 is 0 Å². The molecule has 0 spiro atoms. The molecule has 0 amide bonds. The molecule has 0 aliphatic rings. The van der Waals surface area contributed by atoms with Gasteiger partial charge in [-0.3, -0.25) is 4.79 Å². The topological polar surface area (TPSA) is 52.3 Å². The highest BCUT2D eigenvalue weighted by atomic mass is 16.5. The fourth-order valence-electron chi connectivity index (χ4n) is 1.00. The number of ether oxygens (including phenoxy) is 1. The third-order valence-electron chi connectivity index (χ3n) is 1.71.